The predicted octanol–water partition coefficient (Wildman–Crippen LogP) is 9.80. The molecule has 4 atom stereocenters. The molecule has 268 valence electrons. The molecular weight excluding hydrogens is 625 g/mol. The molecule has 3 rings (SSSR count). The topological polar surface area (TPSA) is 76.2 Å². The van der Waals surface area contributed by atoms with Gasteiger partial charge in [0.15, 0.2) is 0 Å². The first-order chi connectivity index (χ1) is 21.7. The van der Waals surface area contributed by atoms with Gasteiger partial charge in [-0.15, -0.1) is 0 Å². The zero-order chi connectivity index (χ0) is 35.6. The van der Waals surface area contributed by atoms with Crippen molar-refractivity contribution in [2.24, 2.45) is 5.92 Å². The number of ether oxygens (including phenoxy) is 2. The van der Waals surface area contributed by atoms with Crippen LogP contribution in [0.4, 0.5) is 4.79 Å². The lowest BCUT2D eigenvalue weighted by Gasteiger charge is -2.38. The van der Waals surface area contributed by atoms with E-state index in [1.54, 1.807) is 9.21 Å². The second kappa shape index (κ2) is 15.9. The molecule has 1 aromatic rings. The van der Waals surface area contributed by atoms with Gasteiger partial charge in [0.25, 0.3) is 0 Å². The van der Waals surface area contributed by atoms with Gasteiger partial charge in [-0.1, -0.05) is 92.2 Å². The van der Waals surface area contributed by atoms with Crippen LogP contribution in [0.1, 0.15) is 143 Å². The third kappa shape index (κ3) is 8.92. The van der Waals surface area contributed by atoms with Crippen LogP contribution in [-0.2, 0) is 19.5 Å². The van der Waals surface area contributed by atoms with Crippen LogP contribution in [0.5, 0.6) is 0 Å². The second-order valence-corrected chi connectivity index (χ2v) is 23.6. The number of rotatable bonds is 12. The molecule has 0 N–H and O–H groups in total. The Morgan fingerprint density at radius 1 is 0.957 bits per heavy atom. The summed E-state index contributed by atoms with van der Waals surface area (Å²) in [4.78, 5) is 15.8. The molecule has 47 heavy (non-hydrogen) atoms. The zero-order valence-corrected chi connectivity index (χ0v) is 33.8. The van der Waals surface area contributed by atoms with Crippen molar-refractivity contribution in [2.45, 2.75) is 181 Å². The number of nitrogens with zero attached hydrogens (tertiary/aromatic N) is 2. The fourth-order valence-electron chi connectivity index (χ4n) is 7.22. The molecule has 2 fully saturated rings. The van der Waals surface area contributed by atoms with Crippen molar-refractivity contribution >= 4 is 24.2 Å². The number of hydrogen-bond acceptors (Lipinski definition) is 5. The molecule has 0 radical (unpaired) electrons. The lowest BCUT2D eigenvalue weighted by Crippen LogP contribution is -2.49. The van der Waals surface area contributed by atoms with Gasteiger partial charge in [-0.25, -0.2) is 13.2 Å². The molecule has 0 bridgehead atoms. The molecule has 0 aromatic heterocycles. The van der Waals surface area contributed by atoms with Crippen LogP contribution in [0.3, 0.4) is 0 Å². The average molecular weight is 691 g/mol. The van der Waals surface area contributed by atoms with E-state index in [0.29, 0.717) is 23.8 Å². The van der Waals surface area contributed by atoms with E-state index in [9.17, 15) is 4.79 Å². The van der Waals surface area contributed by atoms with Crippen molar-refractivity contribution in [3.05, 3.63) is 40.5 Å². The van der Waals surface area contributed by atoms with Gasteiger partial charge in [0.1, 0.15) is 12.0 Å². The summed E-state index contributed by atoms with van der Waals surface area (Å²) in [5, 5.41) is 0. The van der Waals surface area contributed by atoms with Crippen LogP contribution < -0.4 is 0 Å². The Bertz CT molecular complexity index is 1330. The standard InChI is InChI=1S/C38H66N2O5SSi/c1-15-31-23-44-37(40(31)46(42,43)36-33(25(4)5)20-30(24(2)3)21-34(36)26(6)7)32-19-17-16-18-29(32)22-35(47(12,13)14)45-38(41)39(27(8)9)28(10)11/h20-22,24-28,31-32,35,37H,15-19,23H2,1-14H3/b29-22-/t31-,32-,35-,37-/m1/s1. The summed E-state index contributed by atoms with van der Waals surface area (Å²) >= 11 is 0. The number of carbonyl (C=O) groups excluding carboxylic acids is 1. The van der Waals surface area contributed by atoms with Crippen LogP contribution in [0.2, 0.25) is 19.6 Å². The zero-order valence-electron chi connectivity index (χ0n) is 32.0. The second-order valence-electron chi connectivity index (χ2n) is 16.5. The van der Waals surface area contributed by atoms with E-state index in [4.69, 9.17) is 9.47 Å². The van der Waals surface area contributed by atoms with Gasteiger partial charge in [-0.2, -0.15) is 4.31 Å². The quantitative estimate of drug-likeness (QED) is 0.161. The molecule has 1 aliphatic heterocycles. The minimum Gasteiger partial charge on any atom is -0.446 e. The fraction of sp³-hybridized carbons (Fsp3) is 0.763. The normalized spacial score (nSPS) is 23.1. The van der Waals surface area contributed by atoms with Crippen LogP contribution >= 0.6 is 0 Å². The molecule has 9 heteroatoms. The average Bonchev–Trinajstić information content (AvgIpc) is 3.40. The lowest BCUT2D eigenvalue weighted by atomic mass is 9.82. The van der Waals surface area contributed by atoms with Crippen LogP contribution in [-0.4, -0.2) is 68.5 Å². The molecule has 0 spiro atoms. The van der Waals surface area contributed by atoms with Crippen molar-refractivity contribution in [3.8, 4) is 0 Å². The Balaban J connectivity index is 2.16. The summed E-state index contributed by atoms with van der Waals surface area (Å²) in [7, 11) is -5.94. The van der Waals surface area contributed by atoms with Crippen molar-refractivity contribution in [1.29, 1.82) is 0 Å². The van der Waals surface area contributed by atoms with E-state index in [0.717, 1.165) is 36.8 Å². The molecule has 7 nitrogen and oxygen atoms in total. The minimum atomic E-state index is -3.92. The maximum Gasteiger partial charge on any atom is 0.410 e. The molecule has 1 amide bonds. The van der Waals surface area contributed by atoms with Crippen LogP contribution in [0.15, 0.2) is 28.7 Å². The van der Waals surface area contributed by atoms with E-state index in [2.05, 4.69) is 86.3 Å². The Hall–Kier alpha value is -1.68. The van der Waals surface area contributed by atoms with Gasteiger partial charge in [-0.05, 0) is 93.9 Å². The van der Waals surface area contributed by atoms with Gasteiger partial charge in [0.05, 0.1) is 25.6 Å². The summed E-state index contributed by atoms with van der Waals surface area (Å²) in [5.74, 6) is 0.293. The highest BCUT2D eigenvalue weighted by Gasteiger charge is 2.49. The first-order valence-corrected chi connectivity index (χ1v) is 23.3. The number of benzene rings is 1. The number of sulfonamides is 1. The number of amides is 1. The Morgan fingerprint density at radius 3 is 1.96 bits per heavy atom. The van der Waals surface area contributed by atoms with Crippen molar-refractivity contribution in [3.63, 3.8) is 0 Å². The van der Waals surface area contributed by atoms with Crippen molar-refractivity contribution in [1.82, 2.24) is 9.21 Å². The van der Waals surface area contributed by atoms with Crippen molar-refractivity contribution in [2.75, 3.05) is 6.61 Å². The predicted molar refractivity (Wildman–Crippen MR) is 197 cm³/mol. The monoisotopic (exact) mass is 690 g/mol. The summed E-state index contributed by atoms with van der Waals surface area (Å²) in [6.45, 7) is 29.9. The van der Waals surface area contributed by atoms with E-state index in [1.807, 2.05) is 27.7 Å². The van der Waals surface area contributed by atoms with E-state index in [1.165, 1.54) is 11.1 Å². The SMILES string of the molecule is CC[C@@H]1CO[C@H]([C@@H]2CCCC/C2=C/[C@H](OC(=O)N(C(C)C)C(C)C)[Si](C)(C)C)N1S(=O)(=O)c1c(C(C)C)cc(C(C)C)cc1C(C)C. The van der Waals surface area contributed by atoms with Gasteiger partial charge in [-0.3, -0.25) is 0 Å². The molecular formula is C38H66N2O5SSi. The summed E-state index contributed by atoms with van der Waals surface area (Å²) in [6.07, 6.45) is 5.72. The molecule has 1 saturated carbocycles. The maximum atomic E-state index is 15.2. The first-order valence-electron chi connectivity index (χ1n) is 18.3. The Kier molecular flexibility index (Phi) is 13.4. The minimum absolute atomic E-state index is 0.0255. The fourth-order valence-corrected chi connectivity index (χ4v) is 10.9. The molecule has 1 saturated heterocycles. The summed E-state index contributed by atoms with van der Waals surface area (Å²) in [5.41, 5.74) is 3.80. The number of hydrogen-bond donors (Lipinski definition) is 0. The Morgan fingerprint density at radius 2 is 1.51 bits per heavy atom. The van der Waals surface area contributed by atoms with E-state index in [-0.39, 0.29) is 47.7 Å². The molecule has 1 heterocycles. The summed E-state index contributed by atoms with van der Waals surface area (Å²) in [6, 6.07) is 4.05. The van der Waals surface area contributed by atoms with Crippen LogP contribution in [0, 0.1) is 5.92 Å². The molecule has 0 unspecified atom stereocenters. The van der Waals surface area contributed by atoms with Crippen LogP contribution in [0.25, 0.3) is 0 Å². The summed E-state index contributed by atoms with van der Waals surface area (Å²) < 4.78 is 45.0. The largest absolute Gasteiger partial charge is 0.446 e. The lowest BCUT2D eigenvalue weighted by molar-refractivity contribution is 0.0218. The highest BCUT2D eigenvalue weighted by Crippen LogP contribution is 2.44. The number of carbonyl (C=O) groups is 1. The van der Waals surface area contributed by atoms with E-state index < -0.39 is 24.3 Å². The first kappa shape index (κ1) is 39.8. The van der Waals surface area contributed by atoms with Crippen molar-refractivity contribution < 1.29 is 22.7 Å². The molecule has 1 aliphatic carbocycles. The highest BCUT2D eigenvalue weighted by molar-refractivity contribution is 7.89. The molecule has 2 aliphatic rings. The van der Waals surface area contributed by atoms with E-state index >= 15 is 8.42 Å². The third-order valence-electron chi connectivity index (χ3n) is 9.98. The molecule has 1 aromatic carbocycles. The third-order valence-corrected chi connectivity index (χ3v) is 14.0. The van der Waals surface area contributed by atoms with Gasteiger partial charge < -0.3 is 14.4 Å². The maximum absolute atomic E-state index is 15.2. The van der Waals surface area contributed by atoms with Gasteiger partial charge >= 0.3 is 6.09 Å². The Labute approximate surface area is 288 Å². The highest BCUT2D eigenvalue weighted by atomic mass is 32.2. The van der Waals surface area contributed by atoms with Gasteiger partial charge in [0.2, 0.25) is 10.0 Å². The smallest absolute Gasteiger partial charge is 0.410 e. The van der Waals surface area contributed by atoms with Gasteiger partial charge in [0, 0.05) is 18.0 Å².